The maximum Gasteiger partial charge on any atom is 0.224 e. The van der Waals surface area contributed by atoms with Crippen LogP contribution in [-0.4, -0.2) is 28.3 Å². The maximum absolute atomic E-state index is 11.9. The predicted octanol–water partition coefficient (Wildman–Crippen LogP) is 2.32. The highest BCUT2D eigenvalue weighted by Crippen LogP contribution is 2.28. The molecule has 0 bridgehead atoms. The van der Waals surface area contributed by atoms with Crippen molar-refractivity contribution in [1.82, 2.24) is 15.3 Å². The summed E-state index contributed by atoms with van der Waals surface area (Å²) in [6, 6.07) is 7.52. The van der Waals surface area contributed by atoms with E-state index in [0.29, 0.717) is 19.4 Å². The van der Waals surface area contributed by atoms with Gasteiger partial charge in [-0.15, -0.1) is 0 Å². The standard InChI is InChI=1S/C17H20N4O2/c22-15(2-1-9-20-17(23)13-3-4-13)21-14-7-5-12(6-8-14)16-18-10-11-19-16/h5-8,10-11,13H,1-4,9H2,(H,18,19)(H,20,23)(H,21,22). The van der Waals surface area contributed by atoms with Gasteiger partial charge in [0.15, 0.2) is 0 Å². The highest BCUT2D eigenvalue weighted by atomic mass is 16.2. The van der Waals surface area contributed by atoms with Crippen LogP contribution in [0, 0.1) is 5.92 Å². The number of anilines is 1. The fraction of sp³-hybridized carbons (Fsp3) is 0.353. The summed E-state index contributed by atoms with van der Waals surface area (Å²) in [4.78, 5) is 30.5. The van der Waals surface area contributed by atoms with Crippen molar-refractivity contribution in [2.45, 2.75) is 25.7 Å². The van der Waals surface area contributed by atoms with Crippen LogP contribution in [0.4, 0.5) is 5.69 Å². The van der Waals surface area contributed by atoms with Crippen molar-refractivity contribution < 1.29 is 9.59 Å². The fourth-order valence-corrected chi connectivity index (χ4v) is 2.31. The number of aromatic amines is 1. The van der Waals surface area contributed by atoms with Crippen molar-refractivity contribution in [3.05, 3.63) is 36.7 Å². The first-order valence-electron chi connectivity index (χ1n) is 7.90. The lowest BCUT2D eigenvalue weighted by molar-refractivity contribution is -0.122. The molecule has 0 atom stereocenters. The topological polar surface area (TPSA) is 86.9 Å². The van der Waals surface area contributed by atoms with E-state index >= 15 is 0 Å². The average molecular weight is 312 g/mol. The highest BCUT2D eigenvalue weighted by molar-refractivity contribution is 5.91. The number of H-pyrrole nitrogens is 1. The summed E-state index contributed by atoms with van der Waals surface area (Å²) < 4.78 is 0. The number of nitrogens with one attached hydrogen (secondary N) is 3. The van der Waals surface area contributed by atoms with Gasteiger partial charge in [-0.1, -0.05) is 0 Å². The van der Waals surface area contributed by atoms with Crippen molar-refractivity contribution in [3.8, 4) is 11.4 Å². The largest absolute Gasteiger partial charge is 0.356 e. The monoisotopic (exact) mass is 312 g/mol. The van der Waals surface area contributed by atoms with Crippen LogP contribution in [0.2, 0.25) is 0 Å². The summed E-state index contributed by atoms with van der Waals surface area (Å²) in [7, 11) is 0. The minimum Gasteiger partial charge on any atom is -0.356 e. The third kappa shape index (κ3) is 4.42. The summed E-state index contributed by atoms with van der Waals surface area (Å²) >= 11 is 0. The first-order valence-corrected chi connectivity index (χ1v) is 7.90. The molecule has 1 aromatic carbocycles. The molecule has 120 valence electrons. The Kier molecular flexibility index (Phi) is 4.71. The van der Waals surface area contributed by atoms with Gasteiger partial charge in [0.2, 0.25) is 11.8 Å². The summed E-state index contributed by atoms with van der Waals surface area (Å²) in [6.07, 6.45) is 6.51. The van der Waals surface area contributed by atoms with Crippen LogP contribution in [0.3, 0.4) is 0 Å². The van der Waals surface area contributed by atoms with Crippen LogP contribution in [0.5, 0.6) is 0 Å². The van der Waals surface area contributed by atoms with E-state index in [9.17, 15) is 9.59 Å². The molecule has 3 N–H and O–H groups in total. The van der Waals surface area contributed by atoms with E-state index in [1.54, 1.807) is 12.4 Å². The molecule has 1 fully saturated rings. The van der Waals surface area contributed by atoms with Gasteiger partial charge in [0.1, 0.15) is 5.82 Å². The van der Waals surface area contributed by atoms with E-state index in [-0.39, 0.29) is 17.7 Å². The number of carbonyl (C=O) groups excluding carboxylic acids is 2. The summed E-state index contributed by atoms with van der Waals surface area (Å²) in [5.41, 5.74) is 1.73. The summed E-state index contributed by atoms with van der Waals surface area (Å²) in [6.45, 7) is 0.556. The second kappa shape index (κ2) is 7.09. The van der Waals surface area contributed by atoms with Crippen LogP contribution >= 0.6 is 0 Å². The fourth-order valence-electron chi connectivity index (χ4n) is 2.31. The molecular formula is C17H20N4O2. The van der Waals surface area contributed by atoms with Crippen molar-refractivity contribution in [1.29, 1.82) is 0 Å². The van der Waals surface area contributed by atoms with E-state index in [0.717, 1.165) is 29.9 Å². The molecule has 1 aliphatic carbocycles. The molecule has 23 heavy (non-hydrogen) atoms. The van der Waals surface area contributed by atoms with E-state index < -0.39 is 0 Å². The number of hydrogen-bond acceptors (Lipinski definition) is 3. The number of nitrogens with zero attached hydrogens (tertiary/aromatic N) is 1. The molecule has 2 aromatic rings. The van der Waals surface area contributed by atoms with E-state index in [1.807, 2.05) is 24.3 Å². The lowest BCUT2D eigenvalue weighted by Gasteiger charge is -2.07. The van der Waals surface area contributed by atoms with Crippen LogP contribution < -0.4 is 10.6 Å². The summed E-state index contributed by atoms with van der Waals surface area (Å²) in [5, 5.41) is 5.71. The van der Waals surface area contributed by atoms with Gasteiger partial charge >= 0.3 is 0 Å². The minimum absolute atomic E-state index is 0.0450. The van der Waals surface area contributed by atoms with Crippen LogP contribution in [0.25, 0.3) is 11.4 Å². The van der Waals surface area contributed by atoms with Crippen molar-refractivity contribution in [3.63, 3.8) is 0 Å². The molecule has 1 saturated carbocycles. The SMILES string of the molecule is O=C(CCCNC(=O)C1CC1)Nc1ccc(-c2ncc[nH]2)cc1. The van der Waals surface area contributed by atoms with Gasteiger partial charge < -0.3 is 15.6 Å². The zero-order chi connectivity index (χ0) is 16.1. The van der Waals surface area contributed by atoms with E-state index in [1.165, 1.54) is 0 Å². The molecule has 0 aliphatic heterocycles. The Bertz CT molecular complexity index is 660. The number of rotatable bonds is 7. The number of benzene rings is 1. The third-order valence-electron chi connectivity index (χ3n) is 3.77. The van der Waals surface area contributed by atoms with Crippen LogP contribution in [-0.2, 0) is 9.59 Å². The quantitative estimate of drug-likeness (QED) is 0.686. The Labute approximate surface area is 134 Å². The maximum atomic E-state index is 11.9. The molecule has 0 unspecified atom stereocenters. The summed E-state index contributed by atoms with van der Waals surface area (Å²) in [5.74, 6) is 1.10. The predicted molar refractivity (Wildman–Crippen MR) is 87.6 cm³/mol. The number of hydrogen-bond donors (Lipinski definition) is 3. The second-order valence-corrected chi connectivity index (χ2v) is 5.73. The lowest BCUT2D eigenvalue weighted by Crippen LogP contribution is -2.26. The smallest absolute Gasteiger partial charge is 0.224 e. The Balaban J connectivity index is 1.40. The number of aromatic nitrogens is 2. The van der Waals surface area contributed by atoms with Gasteiger partial charge in [-0.2, -0.15) is 0 Å². The van der Waals surface area contributed by atoms with Gasteiger partial charge in [0.05, 0.1) is 0 Å². The molecule has 0 saturated heterocycles. The Morgan fingerprint density at radius 1 is 1.22 bits per heavy atom. The Morgan fingerprint density at radius 3 is 2.65 bits per heavy atom. The lowest BCUT2D eigenvalue weighted by atomic mass is 10.2. The van der Waals surface area contributed by atoms with E-state index in [4.69, 9.17) is 0 Å². The molecule has 0 spiro atoms. The molecular weight excluding hydrogens is 292 g/mol. The first-order chi connectivity index (χ1) is 11.2. The van der Waals surface area contributed by atoms with Crippen LogP contribution in [0.15, 0.2) is 36.7 Å². The molecule has 1 aromatic heterocycles. The molecule has 0 radical (unpaired) electrons. The molecule has 2 amide bonds. The normalized spacial score (nSPS) is 13.6. The third-order valence-corrected chi connectivity index (χ3v) is 3.77. The highest BCUT2D eigenvalue weighted by Gasteiger charge is 2.28. The van der Waals surface area contributed by atoms with Gasteiger partial charge in [-0.3, -0.25) is 9.59 Å². The van der Waals surface area contributed by atoms with Gasteiger partial charge in [-0.05, 0) is 43.5 Å². The zero-order valence-corrected chi connectivity index (χ0v) is 12.8. The Hall–Kier alpha value is -2.63. The molecule has 1 heterocycles. The van der Waals surface area contributed by atoms with Gasteiger partial charge in [0.25, 0.3) is 0 Å². The first kappa shape index (κ1) is 15.3. The number of amides is 2. The van der Waals surface area contributed by atoms with Crippen molar-refractivity contribution in [2.24, 2.45) is 5.92 Å². The van der Waals surface area contributed by atoms with Crippen molar-refractivity contribution in [2.75, 3.05) is 11.9 Å². The van der Waals surface area contributed by atoms with Crippen molar-refractivity contribution >= 4 is 17.5 Å². The molecule has 1 aliphatic rings. The molecule has 3 rings (SSSR count). The van der Waals surface area contributed by atoms with Crippen LogP contribution in [0.1, 0.15) is 25.7 Å². The zero-order valence-electron chi connectivity index (χ0n) is 12.8. The number of carbonyl (C=O) groups is 2. The van der Waals surface area contributed by atoms with E-state index in [2.05, 4.69) is 20.6 Å². The Morgan fingerprint density at radius 2 is 2.00 bits per heavy atom. The number of imidazole rings is 1. The minimum atomic E-state index is -0.0450. The van der Waals surface area contributed by atoms with Gasteiger partial charge in [-0.25, -0.2) is 4.98 Å². The second-order valence-electron chi connectivity index (χ2n) is 5.73. The molecule has 6 nitrogen and oxygen atoms in total. The average Bonchev–Trinajstić information content (AvgIpc) is 3.27. The molecule has 6 heteroatoms. The van der Waals surface area contributed by atoms with Gasteiger partial charge in [0, 0.05) is 42.5 Å².